The molecule has 18 heavy (non-hydrogen) atoms. The van der Waals surface area contributed by atoms with Crippen LogP contribution in [0.25, 0.3) is 0 Å². The third-order valence-electron chi connectivity index (χ3n) is 3.02. The van der Waals surface area contributed by atoms with Crippen molar-refractivity contribution in [3.8, 4) is 0 Å². The van der Waals surface area contributed by atoms with E-state index in [4.69, 9.17) is 0 Å². The van der Waals surface area contributed by atoms with E-state index in [1.165, 1.54) is 5.56 Å². The van der Waals surface area contributed by atoms with Gasteiger partial charge in [-0.15, -0.1) is 0 Å². The van der Waals surface area contributed by atoms with E-state index < -0.39 is 5.54 Å². The molecule has 0 fully saturated rings. The monoisotopic (exact) mass is 242 g/mol. The van der Waals surface area contributed by atoms with E-state index in [0.29, 0.717) is 0 Å². The van der Waals surface area contributed by atoms with Crippen molar-refractivity contribution in [3.05, 3.63) is 59.9 Å². The topological polar surface area (TPSA) is 45.1 Å². The first-order valence-electron chi connectivity index (χ1n) is 6.01. The molecule has 0 amide bonds. The minimum atomic E-state index is -0.573. The number of aliphatic hydroxyl groups excluding tert-OH is 1. The number of nitrogens with one attached hydrogen (secondary N) is 1. The third kappa shape index (κ3) is 2.68. The maximum absolute atomic E-state index is 9.65. The molecule has 0 bridgehead atoms. The molecule has 1 aromatic heterocycles. The lowest BCUT2D eigenvalue weighted by molar-refractivity contribution is 0.221. The van der Waals surface area contributed by atoms with Gasteiger partial charge in [-0.3, -0.25) is 4.98 Å². The smallest absolute Gasteiger partial charge is 0.1000 e. The average molecular weight is 242 g/mol. The van der Waals surface area contributed by atoms with Crippen LogP contribution in [-0.4, -0.2) is 16.7 Å². The summed E-state index contributed by atoms with van der Waals surface area (Å²) in [5, 5.41) is 13.0. The van der Waals surface area contributed by atoms with Crippen LogP contribution in [0.1, 0.15) is 18.2 Å². The van der Waals surface area contributed by atoms with E-state index in [-0.39, 0.29) is 6.61 Å². The maximum Gasteiger partial charge on any atom is 0.1000 e. The van der Waals surface area contributed by atoms with Crippen molar-refractivity contribution in [2.75, 3.05) is 11.9 Å². The molecule has 3 heteroatoms. The summed E-state index contributed by atoms with van der Waals surface area (Å²) < 4.78 is 0. The lowest BCUT2D eigenvalue weighted by atomic mass is 9.97. The first kappa shape index (κ1) is 12.6. The SMILES string of the molecule is Cc1ccc(NC(C)(CO)c2ccccn2)cc1. The zero-order valence-electron chi connectivity index (χ0n) is 10.7. The zero-order chi connectivity index (χ0) is 13.0. The first-order valence-corrected chi connectivity index (χ1v) is 6.01. The summed E-state index contributed by atoms with van der Waals surface area (Å²) in [4.78, 5) is 4.31. The minimum Gasteiger partial charge on any atom is -0.394 e. The van der Waals surface area contributed by atoms with Crippen molar-refractivity contribution in [1.82, 2.24) is 4.98 Å². The Morgan fingerprint density at radius 2 is 1.89 bits per heavy atom. The molecule has 1 heterocycles. The molecule has 0 saturated heterocycles. The molecule has 2 aromatic rings. The molecule has 0 aliphatic carbocycles. The van der Waals surface area contributed by atoms with Gasteiger partial charge >= 0.3 is 0 Å². The van der Waals surface area contributed by atoms with Crippen LogP contribution in [0.3, 0.4) is 0 Å². The van der Waals surface area contributed by atoms with E-state index in [2.05, 4.69) is 10.3 Å². The fourth-order valence-corrected chi connectivity index (χ4v) is 1.83. The van der Waals surface area contributed by atoms with Crippen molar-refractivity contribution in [2.45, 2.75) is 19.4 Å². The highest BCUT2D eigenvalue weighted by Gasteiger charge is 2.26. The predicted octanol–water partition coefficient (Wildman–Crippen LogP) is 2.71. The van der Waals surface area contributed by atoms with Gasteiger partial charge in [-0.2, -0.15) is 0 Å². The molecule has 2 rings (SSSR count). The Morgan fingerprint density at radius 1 is 1.17 bits per heavy atom. The molecule has 0 spiro atoms. The van der Waals surface area contributed by atoms with Gasteiger partial charge in [0.05, 0.1) is 17.8 Å². The lowest BCUT2D eigenvalue weighted by Crippen LogP contribution is -2.36. The Bertz CT molecular complexity index is 496. The molecule has 94 valence electrons. The van der Waals surface area contributed by atoms with Crippen molar-refractivity contribution in [2.24, 2.45) is 0 Å². The van der Waals surface area contributed by atoms with Gasteiger partial charge in [-0.25, -0.2) is 0 Å². The Balaban J connectivity index is 2.26. The number of aromatic nitrogens is 1. The highest BCUT2D eigenvalue weighted by molar-refractivity contribution is 5.48. The Hall–Kier alpha value is -1.87. The van der Waals surface area contributed by atoms with Crippen LogP contribution in [0, 0.1) is 6.92 Å². The fourth-order valence-electron chi connectivity index (χ4n) is 1.83. The quantitative estimate of drug-likeness (QED) is 0.866. The zero-order valence-corrected chi connectivity index (χ0v) is 10.7. The molecule has 1 aromatic carbocycles. The highest BCUT2D eigenvalue weighted by Crippen LogP contribution is 2.24. The number of hydrogen-bond donors (Lipinski definition) is 2. The number of aliphatic hydroxyl groups is 1. The standard InChI is InChI=1S/C15H18N2O/c1-12-6-8-13(9-7-12)17-15(2,11-18)14-5-3-4-10-16-14/h3-10,17-18H,11H2,1-2H3. The molecule has 0 aliphatic rings. The summed E-state index contributed by atoms with van der Waals surface area (Å²) in [6.07, 6.45) is 1.74. The van der Waals surface area contributed by atoms with Gasteiger partial charge < -0.3 is 10.4 Å². The fraction of sp³-hybridized carbons (Fsp3) is 0.267. The van der Waals surface area contributed by atoms with Crippen LogP contribution in [0.5, 0.6) is 0 Å². The molecule has 0 saturated carbocycles. The molecule has 2 N–H and O–H groups in total. The van der Waals surface area contributed by atoms with Crippen LogP contribution < -0.4 is 5.32 Å². The number of anilines is 1. The van der Waals surface area contributed by atoms with E-state index >= 15 is 0 Å². The van der Waals surface area contributed by atoms with E-state index in [1.54, 1.807) is 6.20 Å². The molecule has 1 atom stereocenters. The minimum absolute atomic E-state index is 0.0160. The normalized spacial score (nSPS) is 13.9. The highest BCUT2D eigenvalue weighted by atomic mass is 16.3. The summed E-state index contributed by atoms with van der Waals surface area (Å²) in [6.45, 7) is 3.97. The number of hydrogen-bond acceptors (Lipinski definition) is 3. The average Bonchev–Trinajstić information content (AvgIpc) is 2.42. The van der Waals surface area contributed by atoms with Gasteiger partial charge in [0, 0.05) is 11.9 Å². The second-order valence-corrected chi connectivity index (χ2v) is 4.70. The van der Waals surface area contributed by atoms with Crippen LogP contribution >= 0.6 is 0 Å². The van der Waals surface area contributed by atoms with Crippen molar-refractivity contribution >= 4 is 5.69 Å². The second kappa shape index (κ2) is 5.19. The van der Waals surface area contributed by atoms with Crippen LogP contribution in [0.4, 0.5) is 5.69 Å². The van der Waals surface area contributed by atoms with Gasteiger partial charge in [-0.1, -0.05) is 23.8 Å². The molecule has 0 aliphatic heterocycles. The molecular formula is C15H18N2O. The summed E-state index contributed by atoms with van der Waals surface area (Å²) >= 11 is 0. The van der Waals surface area contributed by atoms with Gasteiger partial charge in [0.1, 0.15) is 0 Å². The molecule has 0 radical (unpaired) electrons. The second-order valence-electron chi connectivity index (χ2n) is 4.70. The van der Waals surface area contributed by atoms with E-state index in [1.807, 2.05) is 56.3 Å². The van der Waals surface area contributed by atoms with E-state index in [0.717, 1.165) is 11.4 Å². The van der Waals surface area contributed by atoms with Gasteiger partial charge in [0.2, 0.25) is 0 Å². The third-order valence-corrected chi connectivity index (χ3v) is 3.02. The predicted molar refractivity (Wildman–Crippen MR) is 73.5 cm³/mol. The van der Waals surface area contributed by atoms with Gasteiger partial charge in [-0.05, 0) is 38.1 Å². The Labute approximate surface area is 108 Å². The van der Waals surface area contributed by atoms with Gasteiger partial charge in [0.15, 0.2) is 0 Å². The van der Waals surface area contributed by atoms with Gasteiger partial charge in [0.25, 0.3) is 0 Å². The summed E-state index contributed by atoms with van der Waals surface area (Å²) in [5.41, 5.74) is 2.44. The number of nitrogens with zero attached hydrogens (tertiary/aromatic N) is 1. The lowest BCUT2D eigenvalue weighted by Gasteiger charge is -2.29. The molecule has 1 unspecified atom stereocenters. The first-order chi connectivity index (χ1) is 8.64. The number of rotatable bonds is 4. The summed E-state index contributed by atoms with van der Waals surface area (Å²) in [6, 6.07) is 13.8. The number of benzene rings is 1. The largest absolute Gasteiger partial charge is 0.394 e. The number of pyridine rings is 1. The Morgan fingerprint density at radius 3 is 2.44 bits per heavy atom. The summed E-state index contributed by atoms with van der Waals surface area (Å²) in [5.74, 6) is 0. The van der Waals surface area contributed by atoms with E-state index in [9.17, 15) is 5.11 Å². The van der Waals surface area contributed by atoms with Crippen LogP contribution in [0.2, 0.25) is 0 Å². The number of aryl methyl sites for hydroxylation is 1. The van der Waals surface area contributed by atoms with Crippen molar-refractivity contribution < 1.29 is 5.11 Å². The van der Waals surface area contributed by atoms with Crippen molar-refractivity contribution in [1.29, 1.82) is 0 Å². The van der Waals surface area contributed by atoms with Crippen LogP contribution in [0.15, 0.2) is 48.7 Å². The molecule has 3 nitrogen and oxygen atoms in total. The van der Waals surface area contributed by atoms with Crippen LogP contribution in [-0.2, 0) is 5.54 Å². The Kier molecular flexibility index (Phi) is 3.63. The maximum atomic E-state index is 9.65. The molecular weight excluding hydrogens is 224 g/mol. The summed E-state index contributed by atoms with van der Waals surface area (Å²) in [7, 11) is 0. The van der Waals surface area contributed by atoms with Crippen molar-refractivity contribution in [3.63, 3.8) is 0 Å².